The lowest BCUT2D eigenvalue weighted by Gasteiger charge is -2.11. The summed E-state index contributed by atoms with van der Waals surface area (Å²) >= 11 is 0. The van der Waals surface area contributed by atoms with Crippen molar-refractivity contribution >= 4 is 6.29 Å². The van der Waals surface area contributed by atoms with Crippen LogP contribution in [0.4, 0.5) is 4.39 Å². The summed E-state index contributed by atoms with van der Waals surface area (Å²) in [6.45, 7) is 0. The summed E-state index contributed by atoms with van der Waals surface area (Å²) in [5, 5.41) is 0. The van der Waals surface area contributed by atoms with Gasteiger partial charge in [0.05, 0.1) is 12.7 Å². The van der Waals surface area contributed by atoms with Crippen molar-refractivity contribution in [3.05, 3.63) is 53.8 Å². The SMILES string of the molecule is COc1ccccc1Oc1c(F)cccc1C=O. The number of aldehydes is 1. The quantitative estimate of drug-likeness (QED) is 0.775. The summed E-state index contributed by atoms with van der Waals surface area (Å²) in [5.74, 6) is 0.133. The lowest BCUT2D eigenvalue weighted by molar-refractivity contribution is 0.112. The van der Waals surface area contributed by atoms with Crippen LogP contribution < -0.4 is 9.47 Å². The van der Waals surface area contributed by atoms with E-state index in [0.29, 0.717) is 17.8 Å². The van der Waals surface area contributed by atoms with Crippen LogP contribution in [0.15, 0.2) is 42.5 Å². The third-order valence-electron chi connectivity index (χ3n) is 2.41. The largest absolute Gasteiger partial charge is 0.493 e. The number of ether oxygens (including phenoxy) is 2. The third kappa shape index (κ3) is 2.32. The summed E-state index contributed by atoms with van der Waals surface area (Å²) < 4.78 is 24.2. The molecule has 0 bridgehead atoms. The molecule has 18 heavy (non-hydrogen) atoms. The highest BCUT2D eigenvalue weighted by Crippen LogP contribution is 2.33. The van der Waals surface area contributed by atoms with Crippen molar-refractivity contribution in [3.8, 4) is 17.2 Å². The Labute approximate surface area is 104 Å². The molecule has 0 aliphatic heterocycles. The molecular weight excluding hydrogens is 235 g/mol. The first kappa shape index (κ1) is 12.1. The molecule has 4 heteroatoms. The maximum Gasteiger partial charge on any atom is 0.173 e. The highest BCUT2D eigenvalue weighted by molar-refractivity contribution is 5.79. The van der Waals surface area contributed by atoms with Gasteiger partial charge in [-0.1, -0.05) is 18.2 Å². The number of para-hydroxylation sites is 3. The second kappa shape index (κ2) is 5.31. The van der Waals surface area contributed by atoms with Gasteiger partial charge in [0.2, 0.25) is 0 Å². The number of carbonyl (C=O) groups excluding carboxylic acids is 1. The maximum atomic E-state index is 13.6. The summed E-state index contributed by atoms with van der Waals surface area (Å²) in [6, 6.07) is 11.0. The molecule has 0 aliphatic rings. The highest BCUT2D eigenvalue weighted by atomic mass is 19.1. The first-order chi connectivity index (χ1) is 8.76. The highest BCUT2D eigenvalue weighted by Gasteiger charge is 2.12. The Hall–Kier alpha value is -2.36. The van der Waals surface area contributed by atoms with E-state index >= 15 is 0 Å². The molecule has 0 aliphatic carbocycles. The molecule has 0 saturated heterocycles. The van der Waals surface area contributed by atoms with E-state index < -0.39 is 5.82 Å². The Bertz CT molecular complexity index is 567. The van der Waals surface area contributed by atoms with E-state index in [0.717, 1.165) is 0 Å². The van der Waals surface area contributed by atoms with Crippen molar-refractivity contribution in [2.24, 2.45) is 0 Å². The molecule has 2 aromatic carbocycles. The zero-order valence-electron chi connectivity index (χ0n) is 9.72. The lowest BCUT2D eigenvalue weighted by atomic mass is 10.2. The van der Waals surface area contributed by atoms with Gasteiger partial charge >= 0.3 is 0 Å². The van der Waals surface area contributed by atoms with Gasteiger partial charge in [0, 0.05) is 0 Å². The summed E-state index contributed by atoms with van der Waals surface area (Å²) in [4.78, 5) is 10.8. The minimum atomic E-state index is -0.592. The van der Waals surface area contributed by atoms with E-state index in [1.54, 1.807) is 24.3 Å². The monoisotopic (exact) mass is 246 g/mol. The Kier molecular flexibility index (Phi) is 3.57. The van der Waals surface area contributed by atoms with Crippen LogP contribution in [0.5, 0.6) is 17.2 Å². The first-order valence-electron chi connectivity index (χ1n) is 5.31. The molecule has 2 rings (SSSR count). The smallest absolute Gasteiger partial charge is 0.173 e. The molecule has 0 atom stereocenters. The molecule has 92 valence electrons. The van der Waals surface area contributed by atoms with Crippen molar-refractivity contribution in [1.82, 2.24) is 0 Å². The van der Waals surface area contributed by atoms with E-state index in [-0.39, 0.29) is 11.3 Å². The van der Waals surface area contributed by atoms with Crippen LogP contribution in [0.2, 0.25) is 0 Å². The standard InChI is InChI=1S/C14H11FO3/c1-17-12-7-2-3-8-13(12)18-14-10(9-16)5-4-6-11(14)15/h2-9H,1H3. The van der Waals surface area contributed by atoms with E-state index in [1.165, 1.54) is 25.3 Å². The number of rotatable bonds is 4. The second-order valence-electron chi connectivity index (χ2n) is 3.53. The number of halogens is 1. The molecule has 0 radical (unpaired) electrons. The summed E-state index contributed by atoms with van der Waals surface area (Å²) in [6.07, 6.45) is 0.549. The van der Waals surface area contributed by atoms with E-state index in [9.17, 15) is 9.18 Å². The van der Waals surface area contributed by atoms with Crippen LogP contribution in [-0.4, -0.2) is 13.4 Å². The Morgan fingerprint density at radius 3 is 2.44 bits per heavy atom. The van der Waals surface area contributed by atoms with Crippen LogP contribution in [-0.2, 0) is 0 Å². The summed E-state index contributed by atoms with van der Waals surface area (Å²) in [5.41, 5.74) is 0.154. The molecule has 0 heterocycles. The number of carbonyl (C=O) groups is 1. The van der Waals surface area contributed by atoms with Gasteiger partial charge in [-0.2, -0.15) is 0 Å². The van der Waals surface area contributed by atoms with Gasteiger partial charge in [0.25, 0.3) is 0 Å². The Balaban J connectivity index is 2.42. The molecule has 3 nitrogen and oxygen atoms in total. The van der Waals surface area contributed by atoms with Gasteiger partial charge in [-0.15, -0.1) is 0 Å². The van der Waals surface area contributed by atoms with E-state index in [2.05, 4.69) is 0 Å². The van der Waals surface area contributed by atoms with Gasteiger partial charge in [0.1, 0.15) is 0 Å². The fourth-order valence-corrected chi connectivity index (χ4v) is 1.54. The van der Waals surface area contributed by atoms with Crippen molar-refractivity contribution in [2.75, 3.05) is 7.11 Å². The van der Waals surface area contributed by atoms with Crippen molar-refractivity contribution in [3.63, 3.8) is 0 Å². The molecule has 2 aromatic rings. The van der Waals surface area contributed by atoms with Gasteiger partial charge in [-0.05, 0) is 24.3 Å². The topological polar surface area (TPSA) is 35.5 Å². The van der Waals surface area contributed by atoms with Gasteiger partial charge in [-0.25, -0.2) is 4.39 Å². The molecule has 0 unspecified atom stereocenters. The average molecular weight is 246 g/mol. The fourth-order valence-electron chi connectivity index (χ4n) is 1.54. The lowest BCUT2D eigenvalue weighted by Crippen LogP contribution is -1.95. The number of methoxy groups -OCH3 is 1. The average Bonchev–Trinajstić information content (AvgIpc) is 2.41. The van der Waals surface area contributed by atoms with Crippen LogP contribution in [0, 0.1) is 5.82 Å². The van der Waals surface area contributed by atoms with Crippen LogP contribution >= 0.6 is 0 Å². The van der Waals surface area contributed by atoms with Crippen molar-refractivity contribution in [2.45, 2.75) is 0 Å². The molecule has 0 aromatic heterocycles. The van der Waals surface area contributed by atoms with E-state index in [1.807, 2.05) is 0 Å². The molecule has 0 amide bonds. The Morgan fingerprint density at radius 1 is 1.06 bits per heavy atom. The van der Waals surface area contributed by atoms with Crippen molar-refractivity contribution in [1.29, 1.82) is 0 Å². The number of hydrogen-bond donors (Lipinski definition) is 0. The number of hydrogen-bond acceptors (Lipinski definition) is 3. The van der Waals surface area contributed by atoms with Gasteiger partial charge in [-0.3, -0.25) is 4.79 Å². The van der Waals surface area contributed by atoms with Crippen LogP contribution in [0.1, 0.15) is 10.4 Å². The predicted molar refractivity (Wildman–Crippen MR) is 64.9 cm³/mol. The van der Waals surface area contributed by atoms with Crippen molar-refractivity contribution < 1.29 is 18.7 Å². The van der Waals surface area contributed by atoms with Crippen LogP contribution in [0.3, 0.4) is 0 Å². The normalized spacial score (nSPS) is 9.89. The fraction of sp³-hybridized carbons (Fsp3) is 0.0714. The zero-order valence-corrected chi connectivity index (χ0v) is 9.72. The van der Waals surface area contributed by atoms with Gasteiger partial charge in [0.15, 0.2) is 29.4 Å². The second-order valence-corrected chi connectivity index (χ2v) is 3.53. The zero-order chi connectivity index (χ0) is 13.0. The third-order valence-corrected chi connectivity index (χ3v) is 2.41. The van der Waals surface area contributed by atoms with Gasteiger partial charge < -0.3 is 9.47 Å². The molecule has 0 N–H and O–H groups in total. The molecular formula is C14H11FO3. The predicted octanol–water partition coefficient (Wildman–Crippen LogP) is 3.44. The molecule has 0 spiro atoms. The molecule has 0 saturated carbocycles. The first-order valence-corrected chi connectivity index (χ1v) is 5.31. The maximum absolute atomic E-state index is 13.6. The minimum Gasteiger partial charge on any atom is -0.493 e. The van der Waals surface area contributed by atoms with E-state index in [4.69, 9.17) is 9.47 Å². The summed E-state index contributed by atoms with van der Waals surface area (Å²) in [7, 11) is 1.49. The molecule has 0 fully saturated rings. The Morgan fingerprint density at radius 2 is 1.78 bits per heavy atom. The van der Waals surface area contributed by atoms with Crippen LogP contribution in [0.25, 0.3) is 0 Å². The minimum absolute atomic E-state index is 0.1000. The number of benzene rings is 2.